The molecule has 96 valence electrons. The molecule has 0 bridgehead atoms. The third kappa shape index (κ3) is 6.51. The average Bonchev–Trinajstić information content (AvgIpc) is 2.25. The Hall–Kier alpha value is -0.770. The lowest BCUT2D eigenvalue weighted by Gasteiger charge is -2.22. The number of halogens is 1. The summed E-state index contributed by atoms with van der Waals surface area (Å²) in [5.74, 6) is 0.712. The Kier molecular flexibility index (Phi) is 5.25. The van der Waals surface area contributed by atoms with E-state index in [1.54, 1.807) is 24.3 Å². The van der Waals surface area contributed by atoms with Gasteiger partial charge in [-0.3, -0.25) is 0 Å². The zero-order chi connectivity index (χ0) is 12.9. The highest BCUT2D eigenvalue weighted by Gasteiger charge is 2.12. The highest BCUT2D eigenvalue weighted by atomic mass is 35.5. The molecule has 3 nitrogen and oxygen atoms in total. The van der Waals surface area contributed by atoms with Crippen LogP contribution in [0.5, 0.6) is 5.75 Å². The molecular formula is C13H20ClNO2. The maximum atomic E-state index is 9.71. The molecule has 0 saturated carbocycles. The average molecular weight is 258 g/mol. The van der Waals surface area contributed by atoms with Gasteiger partial charge >= 0.3 is 0 Å². The standard InChI is InChI=1S/C13H20ClNO2/c1-13(2,3)15-8-11(16)9-17-12-6-4-10(14)5-7-12/h4-7,11,15-16H,8-9H2,1-3H3. The number of rotatable bonds is 5. The molecule has 4 heteroatoms. The topological polar surface area (TPSA) is 41.5 Å². The van der Waals surface area contributed by atoms with Gasteiger partial charge in [0.25, 0.3) is 0 Å². The van der Waals surface area contributed by atoms with Gasteiger partial charge in [0.1, 0.15) is 18.5 Å². The van der Waals surface area contributed by atoms with Gasteiger partial charge in [-0.1, -0.05) is 11.6 Å². The van der Waals surface area contributed by atoms with Crippen LogP contribution in [0.4, 0.5) is 0 Å². The summed E-state index contributed by atoms with van der Waals surface area (Å²) in [5, 5.41) is 13.6. The first-order chi connectivity index (χ1) is 7.87. The van der Waals surface area contributed by atoms with Gasteiger partial charge in [0.05, 0.1) is 0 Å². The van der Waals surface area contributed by atoms with Crippen LogP contribution >= 0.6 is 11.6 Å². The maximum Gasteiger partial charge on any atom is 0.119 e. The van der Waals surface area contributed by atoms with E-state index >= 15 is 0 Å². The Morgan fingerprint density at radius 2 is 1.88 bits per heavy atom. The van der Waals surface area contributed by atoms with Crippen molar-refractivity contribution in [1.29, 1.82) is 0 Å². The van der Waals surface area contributed by atoms with Crippen LogP contribution in [0.15, 0.2) is 24.3 Å². The number of aliphatic hydroxyl groups excluding tert-OH is 1. The summed E-state index contributed by atoms with van der Waals surface area (Å²) in [6.07, 6.45) is -0.523. The van der Waals surface area contributed by atoms with Crippen molar-refractivity contribution in [2.45, 2.75) is 32.4 Å². The quantitative estimate of drug-likeness (QED) is 0.852. The minimum atomic E-state index is -0.523. The number of hydrogen-bond acceptors (Lipinski definition) is 3. The van der Waals surface area contributed by atoms with Crippen LogP contribution < -0.4 is 10.1 Å². The molecule has 1 unspecified atom stereocenters. The highest BCUT2D eigenvalue weighted by molar-refractivity contribution is 6.30. The van der Waals surface area contributed by atoms with Crippen molar-refractivity contribution < 1.29 is 9.84 Å². The molecule has 0 amide bonds. The first-order valence-electron chi connectivity index (χ1n) is 5.68. The number of nitrogens with one attached hydrogen (secondary N) is 1. The van der Waals surface area contributed by atoms with E-state index in [9.17, 15) is 5.11 Å². The lowest BCUT2D eigenvalue weighted by molar-refractivity contribution is 0.100. The van der Waals surface area contributed by atoms with Crippen LogP contribution in [0.25, 0.3) is 0 Å². The van der Waals surface area contributed by atoms with E-state index in [0.29, 0.717) is 17.3 Å². The molecule has 1 aromatic carbocycles. The minimum Gasteiger partial charge on any atom is -0.491 e. The molecule has 2 N–H and O–H groups in total. The molecule has 17 heavy (non-hydrogen) atoms. The van der Waals surface area contributed by atoms with Gasteiger partial charge < -0.3 is 15.2 Å². The Labute approximate surface area is 108 Å². The van der Waals surface area contributed by atoms with Gasteiger partial charge in [0.15, 0.2) is 0 Å². The predicted octanol–water partition coefficient (Wildman–Crippen LogP) is 2.47. The molecule has 0 heterocycles. The van der Waals surface area contributed by atoms with Crippen molar-refractivity contribution in [3.05, 3.63) is 29.3 Å². The summed E-state index contributed by atoms with van der Waals surface area (Å²) < 4.78 is 5.44. The molecule has 0 saturated heterocycles. The number of benzene rings is 1. The van der Waals surface area contributed by atoms with Gasteiger partial charge in [0.2, 0.25) is 0 Å². The highest BCUT2D eigenvalue weighted by Crippen LogP contribution is 2.15. The molecule has 0 aromatic heterocycles. The number of hydrogen-bond donors (Lipinski definition) is 2. The Balaban J connectivity index is 2.28. The largest absolute Gasteiger partial charge is 0.491 e. The second kappa shape index (κ2) is 6.24. The van der Waals surface area contributed by atoms with E-state index in [-0.39, 0.29) is 12.1 Å². The lowest BCUT2D eigenvalue weighted by atomic mass is 10.1. The smallest absolute Gasteiger partial charge is 0.119 e. The molecule has 0 fully saturated rings. The second-order valence-electron chi connectivity index (χ2n) is 5.05. The third-order valence-corrected chi connectivity index (χ3v) is 2.38. The van der Waals surface area contributed by atoms with Gasteiger partial charge in [-0.25, -0.2) is 0 Å². The third-order valence-electron chi connectivity index (χ3n) is 2.12. The van der Waals surface area contributed by atoms with Crippen LogP contribution in [0.1, 0.15) is 20.8 Å². The van der Waals surface area contributed by atoms with Crippen LogP contribution in [0.3, 0.4) is 0 Å². The monoisotopic (exact) mass is 257 g/mol. The van der Waals surface area contributed by atoms with Gasteiger partial charge in [-0.05, 0) is 45.0 Å². The molecule has 0 spiro atoms. The predicted molar refractivity (Wildman–Crippen MR) is 70.7 cm³/mol. The minimum absolute atomic E-state index is 0.00124. The zero-order valence-corrected chi connectivity index (χ0v) is 11.3. The van der Waals surface area contributed by atoms with Gasteiger partial charge in [-0.15, -0.1) is 0 Å². The Bertz CT molecular complexity index is 332. The number of aliphatic hydroxyl groups is 1. The molecule has 0 aliphatic heterocycles. The molecule has 1 atom stereocenters. The van der Waals surface area contributed by atoms with E-state index in [0.717, 1.165) is 0 Å². The molecule has 0 aliphatic carbocycles. The molecule has 1 rings (SSSR count). The van der Waals surface area contributed by atoms with Crippen molar-refractivity contribution >= 4 is 11.6 Å². The molecular weight excluding hydrogens is 238 g/mol. The molecule has 1 aromatic rings. The Morgan fingerprint density at radius 1 is 1.29 bits per heavy atom. The maximum absolute atomic E-state index is 9.71. The summed E-state index contributed by atoms with van der Waals surface area (Å²) >= 11 is 5.76. The van der Waals surface area contributed by atoms with Crippen molar-refractivity contribution in [2.75, 3.05) is 13.2 Å². The van der Waals surface area contributed by atoms with Crippen LogP contribution in [-0.4, -0.2) is 29.9 Å². The fourth-order valence-electron chi connectivity index (χ4n) is 1.21. The summed E-state index contributed by atoms with van der Waals surface area (Å²) in [6, 6.07) is 7.09. The molecule has 0 radical (unpaired) electrons. The second-order valence-corrected chi connectivity index (χ2v) is 5.49. The van der Waals surface area contributed by atoms with Gasteiger partial charge in [0, 0.05) is 17.1 Å². The van der Waals surface area contributed by atoms with Crippen LogP contribution in [0, 0.1) is 0 Å². The first-order valence-corrected chi connectivity index (χ1v) is 6.06. The first kappa shape index (κ1) is 14.3. The SMILES string of the molecule is CC(C)(C)NCC(O)COc1ccc(Cl)cc1. The summed E-state index contributed by atoms with van der Waals surface area (Å²) in [6.45, 7) is 6.95. The number of β-amino-alcohol motifs (C(OH)–C–C–N with tert-alkyl or cyclic N) is 1. The van der Waals surface area contributed by atoms with E-state index in [2.05, 4.69) is 26.1 Å². The fourth-order valence-corrected chi connectivity index (χ4v) is 1.33. The van der Waals surface area contributed by atoms with Crippen molar-refractivity contribution in [2.24, 2.45) is 0 Å². The van der Waals surface area contributed by atoms with Gasteiger partial charge in [-0.2, -0.15) is 0 Å². The van der Waals surface area contributed by atoms with Crippen molar-refractivity contribution in [3.63, 3.8) is 0 Å². The number of ether oxygens (including phenoxy) is 1. The van der Waals surface area contributed by atoms with Crippen LogP contribution in [0.2, 0.25) is 5.02 Å². The molecule has 0 aliphatic rings. The Morgan fingerprint density at radius 3 is 2.41 bits per heavy atom. The summed E-state index contributed by atoms with van der Waals surface area (Å²) in [7, 11) is 0. The fraction of sp³-hybridized carbons (Fsp3) is 0.538. The van der Waals surface area contributed by atoms with E-state index in [1.807, 2.05) is 0 Å². The van der Waals surface area contributed by atoms with E-state index in [1.165, 1.54) is 0 Å². The normalized spacial score (nSPS) is 13.5. The van der Waals surface area contributed by atoms with E-state index < -0.39 is 6.10 Å². The van der Waals surface area contributed by atoms with Crippen LogP contribution in [-0.2, 0) is 0 Å². The summed E-state index contributed by atoms with van der Waals surface area (Å²) in [5.41, 5.74) is 0.00124. The zero-order valence-electron chi connectivity index (χ0n) is 10.5. The van der Waals surface area contributed by atoms with Crippen molar-refractivity contribution in [1.82, 2.24) is 5.32 Å². The van der Waals surface area contributed by atoms with Crippen molar-refractivity contribution in [3.8, 4) is 5.75 Å². The lowest BCUT2D eigenvalue weighted by Crippen LogP contribution is -2.42. The van der Waals surface area contributed by atoms with E-state index in [4.69, 9.17) is 16.3 Å². The summed E-state index contributed by atoms with van der Waals surface area (Å²) in [4.78, 5) is 0.